The fourth-order valence-electron chi connectivity index (χ4n) is 1.22. The smallest absolute Gasteiger partial charge is 0.206 e. The molecular formula is C14H14F4Si. The Labute approximate surface area is 111 Å². The van der Waals surface area contributed by atoms with Gasteiger partial charge in [-0.15, -0.1) is 5.54 Å². The zero-order valence-corrected chi connectivity index (χ0v) is 11.9. The summed E-state index contributed by atoms with van der Waals surface area (Å²) in [7, 11) is -1.58. The molecule has 1 aromatic carbocycles. The quantitative estimate of drug-likeness (QED) is 0.391. The summed E-state index contributed by atoms with van der Waals surface area (Å²) in [6.45, 7) is 6.05. The van der Waals surface area contributed by atoms with Gasteiger partial charge in [-0.05, 0) is 12.1 Å². The van der Waals surface area contributed by atoms with Gasteiger partial charge in [-0.3, -0.25) is 0 Å². The topological polar surface area (TPSA) is 0 Å². The number of allylic oxidation sites excluding steroid dienone is 1. The molecule has 102 valence electrons. The molecule has 0 atom stereocenters. The Bertz CT molecular complexity index is 522. The van der Waals surface area contributed by atoms with E-state index in [2.05, 4.69) is 11.5 Å². The van der Waals surface area contributed by atoms with Gasteiger partial charge >= 0.3 is 6.18 Å². The molecule has 0 aliphatic heterocycles. The molecule has 0 spiro atoms. The maximum atomic E-state index is 13.6. The van der Waals surface area contributed by atoms with Crippen LogP contribution in [0.5, 0.6) is 0 Å². The Kier molecular flexibility index (Phi) is 4.59. The summed E-state index contributed by atoms with van der Waals surface area (Å²) in [6, 6.07) is 3.92. The Hall–Kier alpha value is -1.54. The van der Waals surface area contributed by atoms with E-state index in [1.165, 1.54) is 0 Å². The molecule has 0 amide bonds. The molecule has 0 fully saturated rings. The second-order valence-corrected chi connectivity index (χ2v) is 9.84. The zero-order valence-electron chi connectivity index (χ0n) is 10.9. The van der Waals surface area contributed by atoms with E-state index in [-0.39, 0.29) is 5.56 Å². The highest BCUT2D eigenvalue weighted by molar-refractivity contribution is 6.83. The molecule has 0 saturated heterocycles. The molecule has 0 saturated carbocycles. The Balaban J connectivity index is 2.92. The van der Waals surface area contributed by atoms with Crippen LogP contribution in [0.15, 0.2) is 30.3 Å². The van der Waals surface area contributed by atoms with Crippen molar-refractivity contribution in [3.05, 3.63) is 41.5 Å². The zero-order chi connectivity index (χ0) is 14.7. The molecule has 0 radical (unpaired) electrons. The standard InChI is InChI=1S/C14H14F4Si/c1-19(2,3)10-4-5-13(15)11-6-8-12(9-7-11)14(16,17)18/h5-9H,1-3H3/b13-5-. The molecule has 1 aromatic rings. The predicted octanol–water partition coefficient (Wildman–Crippen LogP) is 4.90. The highest BCUT2D eigenvalue weighted by Gasteiger charge is 2.30. The van der Waals surface area contributed by atoms with Crippen LogP contribution in [-0.4, -0.2) is 8.07 Å². The molecule has 0 heterocycles. The molecule has 19 heavy (non-hydrogen) atoms. The van der Waals surface area contributed by atoms with Crippen LogP contribution in [-0.2, 0) is 6.18 Å². The SMILES string of the molecule is C[Si](C)(C)C#C/C=C(\F)c1ccc(C(F)(F)F)cc1. The summed E-state index contributed by atoms with van der Waals surface area (Å²) < 4.78 is 50.6. The molecule has 0 bridgehead atoms. The second-order valence-electron chi connectivity index (χ2n) is 5.09. The van der Waals surface area contributed by atoms with Gasteiger partial charge in [-0.1, -0.05) is 37.7 Å². The summed E-state index contributed by atoms with van der Waals surface area (Å²) in [6.07, 6.45) is -3.31. The van der Waals surface area contributed by atoms with Crippen molar-refractivity contribution in [3.8, 4) is 11.5 Å². The molecule has 0 aliphatic carbocycles. The van der Waals surface area contributed by atoms with Gasteiger partial charge in [0.05, 0.1) is 5.56 Å². The minimum atomic E-state index is -4.41. The molecule has 0 nitrogen and oxygen atoms in total. The summed E-state index contributed by atoms with van der Waals surface area (Å²) in [5.74, 6) is 2.00. The van der Waals surface area contributed by atoms with Gasteiger partial charge in [-0.2, -0.15) is 13.2 Å². The van der Waals surface area contributed by atoms with Crippen molar-refractivity contribution in [1.82, 2.24) is 0 Å². The van der Waals surface area contributed by atoms with Crippen LogP contribution < -0.4 is 0 Å². The van der Waals surface area contributed by atoms with E-state index < -0.39 is 25.6 Å². The van der Waals surface area contributed by atoms with Gasteiger partial charge in [0.25, 0.3) is 0 Å². The third-order valence-corrected chi connectivity index (χ3v) is 3.03. The van der Waals surface area contributed by atoms with E-state index in [0.717, 1.165) is 30.3 Å². The Morgan fingerprint density at radius 2 is 1.63 bits per heavy atom. The van der Waals surface area contributed by atoms with E-state index in [0.29, 0.717) is 0 Å². The molecule has 0 aromatic heterocycles. The molecule has 5 heteroatoms. The first-order valence-corrected chi connectivity index (χ1v) is 9.15. The van der Waals surface area contributed by atoms with E-state index >= 15 is 0 Å². The van der Waals surface area contributed by atoms with Gasteiger partial charge in [-0.25, -0.2) is 4.39 Å². The van der Waals surface area contributed by atoms with Crippen molar-refractivity contribution < 1.29 is 17.6 Å². The number of alkyl halides is 3. The number of benzene rings is 1. The van der Waals surface area contributed by atoms with E-state index in [1.807, 2.05) is 19.6 Å². The van der Waals surface area contributed by atoms with Crippen LogP contribution in [0.25, 0.3) is 5.83 Å². The monoisotopic (exact) mass is 286 g/mol. The van der Waals surface area contributed by atoms with Gasteiger partial charge in [0.15, 0.2) is 0 Å². The van der Waals surface area contributed by atoms with E-state index in [9.17, 15) is 17.6 Å². The number of rotatable bonds is 1. The van der Waals surface area contributed by atoms with E-state index in [4.69, 9.17) is 0 Å². The fourth-order valence-corrected chi connectivity index (χ4v) is 1.72. The van der Waals surface area contributed by atoms with Crippen molar-refractivity contribution in [2.45, 2.75) is 25.8 Å². The molecular weight excluding hydrogens is 272 g/mol. The van der Waals surface area contributed by atoms with Crippen molar-refractivity contribution in [1.29, 1.82) is 0 Å². The first-order chi connectivity index (χ1) is 8.59. The van der Waals surface area contributed by atoms with Crippen LogP contribution in [0.2, 0.25) is 19.6 Å². The van der Waals surface area contributed by atoms with Crippen LogP contribution in [0, 0.1) is 11.5 Å². The normalized spacial score (nSPS) is 12.9. The van der Waals surface area contributed by atoms with Gasteiger partial charge in [0.2, 0.25) is 0 Å². The van der Waals surface area contributed by atoms with E-state index in [1.54, 1.807) is 0 Å². The number of hydrogen-bond donors (Lipinski definition) is 0. The summed E-state index contributed by atoms with van der Waals surface area (Å²) in [5.41, 5.74) is 2.25. The Morgan fingerprint density at radius 1 is 1.11 bits per heavy atom. The lowest BCUT2D eigenvalue weighted by atomic mass is 10.1. The predicted molar refractivity (Wildman–Crippen MR) is 71.7 cm³/mol. The molecule has 1 rings (SSSR count). The molecule has 0 N–H and O–H groups in total. The minimum absolute atomic E-state index is 0.0953. The lowest BCUT2D eigenvalue weighted by Crippen LogP contribution is -2.16. The summed E-state index contributed by atoms with van der Waals surface area (Å²) in [4.78, 5) is 0. The van der Waals surface area contributed by atoms with Crippen LogP contribution in [0.4, 0.5) is 17.6 Å². The highest BCUT2D eigenvalue weighted by atomic mass is 28.3. The van der Waals surface area contributed by atoms with Gasteiger partial charge in [0.1, 0.15) is 13.9 Å². The third-order valence-electron chi connectivity index (χ3n) is 2.13. The largest absolute Gasteiger partial charge is 0.416 e. The van der Waals surface area contributed by atoms with Crippen molar-refractivity contribution in [2.75, 3.05) is 0 Å². The van der Waals surface area contributed by atoms with Crippen molar-refractivity contribution in [3.63, 3.8) is 0 Å². The first kappa shape index (κ1) is 15.5. The summed E-state index contributed by atoms with van der Waals surface area (Å²) in [5, 5.41) is 0. The molecule has 0 unspecified atom stereocenters. The van der Waals surface area contributed by atoms with Crippen molar-refractivity contribution >= 4 is 13.9 Å². The lowest BCUT2D eigenvalue weighted by molar-refractivity contribution is -0.137. The maximum absolute atomic E-state index is 13.6. The lowest BCUT2D eigenvalue weighted by Gasteiger charge is -2.06. The average Bonchev–Trinajstić information content (AvgIpc) is 2.26. The molecule has 0 aliphatic rings. The van der Waals surface area contributed by atoms with Crippen LogP contribution in [0.1, 0.15) is 11.1 Å². The van der Waals surface area contributed by atoms with Gasteiger partial charge < -0.3 is 0 Å². The maximum Gasteiger partial charge on any atom is 0.416 e. The highest BCUT2D eigenvalue weighted by Crippen LogP contribution is 2.30. The van der Waals surface area contributed by atoms with Crippen LogP contribution in [0.3, 0.4) is 0 Å². The van der Waals surface area contributed by atoms with Gasteiger partial charge in [0, 0.05) is 11.6 Å². The minimum Gasteiger partial charge on any atom is -0.206 e. The Morgan fingerprint density at radius 3 is 2.05 bits per heavy atom. The average molecular weight is 286 g/mol. The number of hydrogen-bond acceptors (Lipinski definition) is 0. The number of halogens is 4. The first-order valence-electron chi connectivity index (χ1n) is 5.65. The summed E-state index contributed by atoms with van der Waals surface area (Å²) >= 11 is 0. The van der Waals surface area contributed by atoms with Crippen LogP contribution >= 0.6 is 0 Å². The second kappa shape index (κ2) is 5.62. The third kappa shape index (κ3) is 5.31. The fraction of sp³-hybridized carbons (Fsp3) is 0.286. The van der Waals surface area contributed by atoms with Crippen molar-refractivity contribution in [2.24, 2.45) is 0 Å².